The molecule has 6 heteroatoms. The summed E-state index contributed by atoms with van der Waals surface area (Å²) in [5.74, 6) is 1.06. The first kappa shape index (κ1) is 21.5. The van der Waals surface area contributed by atoms with Gasteiger partial charge in [0.15, 0.2) is 11.5 Å². The van der Waals surface area contributed by atoms with Gasteiger partial charge in [0.1, 0.15) is 6.04 Å². The van der Waals surface area contributed by atoms with E-state index in [1.807, 2.05) is 26.0 Å². The summed E-state index contributed by atoms with van der Waals surface area (Å²) in [6, 6.07) is 3.35. The Hall–Kier alpha value is -1.79. The average molecular weight is 379 g/mol. The Balaban J connectivity index is 2.21. The van der Waals surface area contributed by atoms with E-state index in [1.165, 1.54) is 12.8 Å². The van der Waals surface area contributed by atoms with E-state index in [9.17, 15) is 4.79 Å². The fourth-order valence-electron chi connectivity index (χ4n) is 3.48. The number of hydrogen-bond acceptors (Lipinski definition) is 6. The number of carbonyl (C=O) groups is 1. The molecule has 27 heavy (non-hydrogen) atoms. The zero-order chi connectivity index (χ0) is 19.6. The van der Waals surface area contributed by atoms with E-state index in [1.54, 1.807) is 14.2 Å². The van der Waals surface area contributed by atoms with Gasteiger partial charge in [-0.15, -0.1) is 0 Å². The third-order valence-electron chi connectivity index (χ3n) is 4.90. The molecule has 0 amide bonds. The van der Waals surface area contributed by atoms with Crippen LogP contribution in [-0.4, -0.2) is 57.4 Å². The molecule has 0 spiro atoms. The first-order valence-electron chi connectivity index (χ1n) is 9.86. The lowest BCUT2D eigenvalue weighted by Gasteiger charge is -2.29. The molecule has 0 saturated carbocycles. The van der Waals surface area contributed by atoms with Gasteiger partial charge in [-0.25, -0.2) is 4.79 Å². The van der Waals surface area contributed by atoms with Crippen LogP contribution < -0.4 is 14.2 Å². The van der Waals surface area contributed by atoms with E-state index in [-0.39, 0.29) is 12.0 Å². The maximum atomic E-state index is 13.1. The monoisotopic (exact) mass is 379 g/mol. The summed E-state index contributed by atoms with van der Waals surface area (Å²) in [7, 11) is 3.12. The van der Waals surface area contributed by atoms with Crippen molar-refractivity contribution in [2.45, 2.75) is 52.0 Å². The first-order chi connectivity index (χ1) is 13.1. The first-order valence-corrected chi connectivity index (χ1v) is 9.86. The van der Waals surface area contributed by atoms with Crippen LogP contribution in [0.3, 0.4) is 0 Å². The van der Waals surface area contributed by atoms with Gasteiger partial charge in [0.25, 0.3) is 0 Å². The second-order valence-electron chi connectivity index (χ2n) is 6.87. The van der Waals surface area contributed by atoms with Gasteiger partial charge in [-0.1, -0.05) is 12.8 Å². The van der Waals surface area contributed by atoms with Crippen molar-refractivity contribution in [1.82, 2.24) is 4.90 Å². The molecular formula is C21H33NO5. The van der Waals surface area contributed by atoms with E-state index in [2.05, 4.69) is 4.90 Å². The molecule has 1 aromatic carbocycles. The van der Waals surface area contributed by atoms with Gasteiger partial charge in [-0.05, 0) is 63.9 Å². The zero-order valence-electron chi connectivity index (χ0n) is 17.1. The molecule has 1 aliphatic heterocycles. The Morgan fingerprint density at radius 2 is 1.67 bits per heavy atom. The summed E-state index contributed by atoms with van der Waals surface area (Å²) in [6.07, 6.45) is 5.25. The maximum absolute atomic E-state index is 13.1. The van der Waals surface area contributed by atoms with Crippen molar-refractivity contribution < 1.29 is 23.7 Å². The number of benzene rings is 1. The fourth-order valence-corrected chi connectivity index (χ4v) is 3.48. The van der Waals surface area contributed by atoms with Crippen LogP contribution in [0.5, 0.6) is 17.2 Å². The van der Waals surface area contributed by atoms with E-state index in [4.69, 9.17) is 18.9 Å². The summed E-state index contributed by atoms with van der Waals surface area (Å²) in [5, 5.41) is 0. The van der Waals surface area contributed by atoms with Gasteiger partial charge in [0, 0.05) is 13.2 Å². The number of esters is 1. The Morgan fingerprint density at radius 1 is 1.07 bits per heavy atom. The Kier molecular flexibility index (Phi) is 8.88. The number of nitrogens with zero attached hydrogens (tertiary/aromatic N) is 1. The van der Waals surface area contributed by atoms with Gasteiger partial charge in [-0.2, -0.15) is 0 Å². The van der Waals surface area contributed by atoms with E-state index in [0.29, 0.717) is 36.9 Å². The molecule has 0 aliphatic carbocycles. The largest absolute Gasteiger partial charge is 0.493 e. The summed E-state index contributed by atoms with van der Waals surface area (Å²) >= 11 is 0. The fraction of sp³-hybridized carbons (Fsp3) is 0.667. The topological polar surface area (TPSA) is 57.2 Å². The zero-order valence-corrected chi connectivity index (χ0v) is 17.1. The molecule has 1 heterocycles. The van der Waals surface area contributed by atoms with Crippen LogP contribution in [-0.2, 0) is 9.53 Å². The Morgan fingerprint density at radius 3 is 2.19 bits per heavy atom. The molecule has 1 saturated heterocycles. The van der Waals surface area contributed by atoms with Crippen molar-refractivity contribution >= 4 is 5.97 Å². The quantitative estimate of drug-likeness (QED) is 0.371. The summed E-state index contributed by atoms with van der Waals surface area (Å²) in [6.45, 7) is 6.90. The summed E-state index contributed by atoms with van der Waals surface area (Å²) in [5.41, 5.74) is 0.976. The van der Waals surface area contributed by atoms with Crippen molar-refractivity contribution in [2.75, 3.05) is 40.5 Å². The number of carbonyl (C=O) groups excluding carboxylic acids is 1. The Labute approximate surface area is 162 Å². The molecular weight excluding hydrogens is 346 g/mol. The third kappa shape index (κ3) is 6.11. The minimum absolute atomic E-state index is 0.281. The Bertz CT molecular complexity index is 571. The second kappa shape index (κ2) is 11.1. The van der Waals surface area contributed by atoms with Crippen LogP contribution in [0.1, 0.15) is 44.6 Å². The minimum atomic E-state index is -0.328. The van der Waals surface area contributed by atoms with Crippen molar-refractivity contribution in [2.24, 2.45) is 0 Å². The molecule has 1 unspecified atom stereocenters. The van der Waals surface area contributed by atoms with E-state index >= 15 is 0 Å². The van der Waals surface area contributed by atoms with Crippen molar-refractivity contribution in [1.29, 1.82) is 0 Å². The SMILES string of the molecule is CCOCCC(C(=O)Oc1c(OC)cc(C)cc1OC)N1CCCCCC1. The molecule has 6 nitrogen and oxygen atoms in total. The van der Waals surface area contributed by atoms with Gasteiger partial charge in [0.2, 0.25) is 5.75 Å². The lowest BCUT2D eigenvalue weighted by molar-refractivity contribution is -0.141. The van der Waals surface area contributed by atoms with Crippen LogP contribution >= 0.6 is 0 Å². The molecule has 1 fully saturated rings. The molecule has 1 aliphatic rings. The normalized spacial score (nSPS) is 16.4. The highest BCUT2D eigenvalue weighted by Crippen LogP contribution is 2.38. The van der Waals surface area contributed by atoms with Crippen molar-refractivity contribution in [3.05, 3.63) is 17.7 Å². The second-order valence-corrected chi connectivity index (χ2v) is 6.87. The van der Waals surface area contributed by atoms with Crippen LogP contribution in [0, 0.1) is 6.92 Å². The number of aryl methyl sites for hydroxylation is 1. The molecule has 0 N–H and O–H groups in total. The number of hydrogen-bond donors (Lipinski definition) is 0. The lowest BCUT2D eigenvalue weighted by Crippen LogP contribution is -2.44. The van der Waals surface area contributed by atoms with Crippen LogP contribution in [0.15, 0.2) is 12.1 Å². The summed E-state index contributed by atoms with van der Waals surface area (Å²) < 4.78 is 22.2. The molecule has 152 valence electrons. The molecule has 1 aromatic rings. The maximum Gasteiger partial charge on any atom is 0.329 e. The number of ether oxygens (including phenoxy) is 4. The number of methoxy groups -OCH3 is 2. The van der Waals surface area contributed by atoms with Crippen molar-refractivity contribution in [3.63, 3.8) is 0 Å². The average Bonchev–Trinajstić information content (AvgIpc) is 2.95. The highest BCUT2D eigenvalue weighted by molar-refractivity contribution is 5.80. The molecule has 0 radical (unpaired) electrons. The van der Waals surface area contributed by atoms with Crippen molar-refractivity contribution in [3.8, 4) is 17.2 Å². The van der Waals surface area contributed by atoms with Gasteiger partial charge in [-0.3, -0.25) is 4.90 Å². The van der Waals surface area contributed by atoms with Crippen LogP contribution in [0.4, 0.5) is 0 Å². The number of rotatable bonds is 9. The molecule has 0 aromatic heterocycles. The van der Waals surface area contributed by atoms with Gasteiger partial charge < -0.3 is 18.9 Å². The molecule has 2 rings (SSSR count). The molecule has 1 atom stereocenters. The van der Waals surface area contributed by atoms with E-state index in [0.717, 1.165) is 31.5 Å². The van der Waals surface area contributed by atoms with Crippen LogP contribution in [0.2, 0.25) is 0 Å². The molecule has 0 bridgehead atoms. The predicted molar refractivity (Wildman–Crippen MR) is 105 cm³/mol. The predicted octanol–water partition coefficient (Wildman–Crippen LogP) is 3.59. The number of likely N-dealkylation sites (tertiary alicyclic amines) is 1. The smallest absolute Gasteiger partial charge is 0.329 e. The highest BCUT2D eigenvalue weighted by atomic mass is 16.6. The standard InChI is InChI=1S/C21H33NO5/c1-5-26-13-10-17(22-11-8-6-7-9-12-22)21(23)27-20-18(24-3)14-16(2)15-19(20)25-4/h14-15,17H,5-13H2,1-4H3. The lowest BCUT2D eigenvalue weighted by atomic mass is 10.1. The van der Waals surface area contributed by atoms with Gasteiger partial charge >= 0.3 is 5.97 Å². The van der Waals surface area contributed by atoms with Gasteiger partial charge in [0.05, 0.1) is 14.2 Å². The van der Waals surface area contributed by atoms with E-state index < -0.39 is 0 Å². The minimum Gasteiger partial charge on any atom is -0.493 e. The van der Waals surface area contributed by atoms with Crippen LogP contribution in [0.25, 0.3) is 0 Å². The highest BCUT2D eigenvalue weighted by Gasteiger charge is 2.30. The third-order valence-corrected chi connectivity index (χ3v) is 4.90. The summed E-state index contributed by atoms with van der Waals surface area (Å²) in [4.78, 5) is 15.3.